The van der Waals surface area contributed by atoms with Crippen molar-refractivity contribution in [3.05, 3.63) is 52.7 Å². The van der Waals surface area contributed by atoms with Gasteiger partial charge in [0.25, 0.3) is 5.91 Å². The molecule has 2 heterocycles. The average Bonchev–Trinajstić information content (AvgIpc) is 2.67. The zero-order valence-electron chi connectivity index (χ0n) is 14.3. The fourth-order valence-corrected chi connectivity index (χ4v) is 2.91. The number of halogens is 1. The van der Waals surface area contributed by atoms with Gasteiger partial charge in [0.15, 0.2) is 11.5 Å². The molecule has 1 aliphatic heterocycles. The number of rotatable bonds is 5. The third-order valence-electron chi connectivity index (χ3n) is 4.39. The summed E-state index contributed by atoms with van der Waals surface area (Å²) in [5, 5.41) is 11.8. The lowest BCUT2D eigenvalue weighted by atomic mass is 10.2. The normalized spacial score (nSPS) is 15.2. The topological polar surface area (TPSA) is 61.4 Å². The standard InChI is InChI=1S/C18H22ClN5O/c1-2-23-9-11-24(12-10-23)17-8-7-16(21-22-17)18(25)20-13-14-3-5-15(19)6-4-14/h3-8H,2,9-13H2,1H3,(H,20,25). The zero-order valence-corrected chi connectivity index (χ0v) is 15.0. The number of aromatic nitrogens is 2. The van der Waals surface area contributed by atoms with Crippen LogP contribution in [-0.4, -0.2) is 53.7 Å². The van der Waals surface area contributed by atoms with E-state index in [1.165, 1.54) is 0 Å². The molecule has 0 unspecified atom stereocenters. The first kappa shape index (κ1) is 17.6. The molecular formula is C18H22ClN5O. The molecule has 0 atom stereocenters. The number of nitrogens with zero attached hydrogens (tertiary/aromatic N) is 4. The SMILES string of the molecule is CCN1CCN(c2ccc(C(=O)NCc3ccc(Cl)cc3)nn2)CC1. The molecule has 0 aliphatic carbocycles. The molecule has 1 N–H and O–H groups in total. The quantitative estimate of drug-likeness (QED) is 0.886. The van der Waals surface area contributed by atoms with Crippen LogP contribution in [0.2, 0.25) is 5.02 Å². The minimum Gasteiger partial charge on any atom is -0.353 e. The summed E-state index contributed by atoms with van der Waals surface area (Å²) in [6.07, 6.45) is 0. The first-order chi connectivity index (χ1) is 12.2. The highest BCUT2D eigenvalue weighted by atomic mass is 35.5. The van der Waals surface area contributed by atoms with Crippen LogP contribution in [0.15, 0.2) is 36.4 Å². The van der Waals surface area contributed by atoms with Gasteiger partial charge in [0.2, 0.25) is 0 Å². The molecule has 25 heavy (non-hydrogen) atoms. The Hall–Kier alpha value is -2.18. The smallest absolute Gasteiger partial charge is 0.272 e. The predicted octanol–water partition coefficient (Wildman–Crippen LogP) is 2.20. The van der Waals surface area contributed by atoms with Crippen LogP contribution >= 0.6 is 11.6 Å². The van der Waals surface area contributed by atoms with Crippen LogP contribution < -0.4 is 10.2 Å². The van der Waals surface area contributed by atoms with Gasteiger partial charge in [0.1, 0.15) is 0 Å². The van der Waals surface area contributed by atoms with Gasteiger partial charge >= 0.3 is 0 Å². The van der Waals surface area contributed by atoms with Gasteiger partial charge in [0.05, 0.1) is 0 Å². The van der Waals surface area contributed by atoms with E-state index in [2.05, 4.69) is 32.2 Å². The number of anilines is 1. The molecule has 3 rings (SSSR count). The van der Waals surface area contributed by atoms with Gasteiger partial charge in [-0.2, -0.15) is 0 Å². The van der Waals surface area contributed by atoms with Crippen molar-refractivity contribution in [3.63, 3.8) is 0 Å². The lowest BCUT2D eigenvalue weighted by molar-refractivity contribution is 0.0945. The molecule has 2 aromatic rings. The van der Waals surface area contributed by atoms with Gasteiger partial charge < -0.3 is 15.1 Å². The summed E-state index contributed by atoms with van der Waals surface area (Å²) in [5.41, 5.74) is 1.31. The van der Waals surface area contributed by atoms with Crippen LogP contribution in [0.3, 0.4) is 0 Å². The summed E-state index contributed by atoms with van der Waals surface area (Å²) >= 11 is 5.85. The minimum absolute atomic E-state index is 0.232. The molecule has 0 radical (unpaired) electrons. The predicted molar refractivity (Wildman–Crippen MR) is 99.0 cm³/mol. The first-order valence-electron chi connectivity index (χ1n) is 8.49. The van der Waals surface area contributed by atoms with Crippen molar-refractivity contribution in [2.45, 2.75) is 13.5 Å². The minimum atomic E-state index is -0.232. The van der Waals surface area contributed by atoms with E-state index < -0.39 is 0 Å². The summed E-state index contributed by atoms with van der Waals surface area (Å²) in [4.78, 5) is 16.8. The second-order valence-electron chi connectivity index (χ2n) is 6.01. The molecule has 1 aromatic carbocycles. The molecule has 1 aromatic heterocycles. The number of carbonyl (C=O) groups is 1. The number of amides is 1. The number of hydrogen-bond donors (Lipinski definition) is 1. The van der Waals surface area contributed by atoms with E-state index in [-0.39, 0.29) is 5.91 Å². The second-order valence-corrected chi connectivity index (χ2v) is 6.44. The van der Waals surface area contributed by atoms with E-state index >= 15 is 0 Å². The van der Waals surface area contributed by atoms with E-state index in [1.807, 2.05) is 18.2 Å². The van der Waals surface area contributed by atoms with Gasteiger partial charge in [-0.25, -0.2) is 0 Å². The average molecular weight is 360 g/mol. The van der Waals surface area contributed by atoms with Gasteiger partial charge in [-0.1, -0.05) is 30.7 Å². The fraction of sp³-hybridized carbons (Fsp3) is 0.389. The number of likely N-dealkylation sites (N-methyl/N-ethyl adjacent to an activating group) is 1. The summed E-state index contributed by atoms with van der Waals surface area (Å²) in [6, 6.07) is 11.0. The van der Waals surface area contributed by atoms with Crippen molar-refractivity contribution >= 4 is 23.3 Å². The van der Waals surface area contributed by atoms with Crippen molar-refractivity contribution in [2.24, 2.45) is 0 Å². The summed E-state index contributed by atoms with van der Waals surface area (Å²) < 4.78 is 0. The van der Waals surface area contributed by atoms with E-state index in [4.69, 9.17) is 11.6 Å². The van der Waals surface area contributed by atoms with Gasteiger partial charge in [-0.3, -0.25) is 4.79 Å². The summed E-state index contributed by atoms with van der Waals surface area (Å²) in [7, 11) is 0. The van der Waals surface area contributed by atoms with Crippen molar-refractivity contribution in [1.29, 1.82) is 0 Å². The third-order valence-corrected chi connectivity index (χ3v) is 4.64. The molecule has 1 amide bonds. The Labute approximate surface area is 152 Å². The molecule has 0 spiro atoms. The van der Waals surface area contributed by atoms with E-state index in [1.54, 1.807) is 18.2 Å². The molecule has 0 bridgehead atoms. The summed E-state index contributed by atoms with van der Waals surface area (Å²) in [5.74, 6) is 0.592. The molecule has 6 nitrogen and oxygen atoms in total. The van der Waals surface area contributed by atoms with Crippen molar-refractivity contribution in [2.75, 3.05) is 37.6 Å². The van der Waals surface area contributed by atoms with Crippen molar-refractivity contribution in [3.8, 4) is 0 Å². The highest BCUT2D eigenvalue weighted by Crippen LogP contribution is 2.13. The Bertz CT molecular complexity index is 696. The molecule has 1 aliphatic rings. The Balaban J connectivity index is 1.54. The van der Waals surface area contributed by atoms with Gasteiger partial charge in [-0.05, 0) is 36.4 Å². The van der Waals surface area contributed by atoms with Crippen molar-refractivity contribution in [1.82, 2.24) is 20.4 Å². The third kappa shape index (κ3) is 4.67. The van der Waals surface area contributed by atoms with Crippen LogP contribution in [0.4, 0.5) is 5.82 Å². The van der Waals surface area contributed by atoms with Crippen molar-refractivity contribution < 1.29 is 4.79 Å². The summed E-state index contributed by atoms with van der Waals surface area (Å²) in [6.45, 7) is 7.61. The molecule has 132 valence electrons. The number of nitrogens with one attached hydrogen (secondary N) is 1. The van der Waals surface area contributed by atoms with Crippen LogP contribution in [0.5, 0.6) is 0 Å². The highest BCUT2D eigenvalue weighted by Gasteiger charge is 2.17. The van der Waals surface area contributed by atoms with Crippen LogP contribution in [-0.2, 0) is 6.54 Å². The fourth-order valence-electron chi connectivity index (χ4n) is 2.78. The number of piperazine rings is 1. The number of benzene rings is 1. The van der Waals surface area contributed by atoms with E-state index in [9.17, 15) is 4.79 Å². The highest BCUT2D eigenvalue weighted by molar-refractivity contribution is 6.30. The Morgan fingerprint density at radius 3 is 2.40 bits per heavy atom. The number of hydrogen-bond acceptors (Lipinski definition) is 5. The molecule has 7 heteroatoms. The van der Waals surface area contributed by atoms with Gasteiger partial charge in [0, 0.05) is 37.7 Å². The van der Waals surface area contributed by atoms with Crippen LogP contribution in [0, 0.1) is 0 Å². The zero-order chi connectivity index (χ0) is 17.6. The molecular weight excluding hydrogens is 338 g/mol. The maximum atomic E-state index is 12.2. The Morgan fingerprint density at radius 1 is 1.08 bits per heavy atom. The largest absolute Gasteiger partial charge is 0.353 e. The van der Waals surface area contributed by atoms with E-state index in [0.717, 1.165) is 44.1 Å². The lowest BCUT2D eigenvalue weighted by Gasteiger charge is -2.34. The van der Waals surface area contributed by atoms with Gasteiger partial charge in [-0.15, -0.1) is 10.2 Å². The maximum absolute atomic E-state index is 12.2. The lowest BCUT2D eigenvalue weighted by Crippen LogP contribution is -2.46. The Morgan fingerprint density at radius 2 is 1.80 bits per heavy atom. The first-order valence-corrected chi connectivity index (χ1v) is 8.87. The van der Waals surface area contributed by atoms with Crippen LogP contribution in [0.25, 0.3) is 0 Å². The molecule has 0 saturated carbocycles. The molecule has 1 fully saturated rings. The maximum Gasteiger partial charge on any atom is 0.272 e. The monoisotopic (exact) mass is 359 g/mol. The van der Waals surface area contributed by atoms with Crippen LogP contribution in [0.1, 0.15) is 23.0 Å². The Kier molecular flexibility index (Phi) is 5.83. The molecule has 1 saturated heterocycles. The van der Waals surface area contributed by atoms with E-state index in [0.29, 0.717) is 17.3 Å². The second kappa shape index (κ2) is 8.27. The number of carbonyl (C=O) groups excluding carboxylic acids is 1.